The van der Waals surface area contributed by atoms with E-state index in [1.807, 2.05) is 12.1 Å². The number of methoxy groups -OCH3 is 2. The minimum absolute atomic E-state index is 0.677. The van der Waals surface area contributed by atoms with Crippen molar-refractivity contribution in [3.63, 3.8) is 0 Å². The summed E-state index contributed by atoms with van der Waals surface area (Å²) in [6.45, 7) is 1.02. The summed E-state index contributed by atoms with van der Waals surface area (Å²) in [7, 11) is 3.27. The average Bonchev–Trinajstić information content (AvgIpc) is 3.33. The van der Waals surface area contributed by atoms with E-state index < -0.39 is 0 Å². The molecule has 4 heteroatoms. The molecule has 0 unspecified atom stereocenters. The molecule has 0 aromatic heterocycles. The largest absolute Gasteiger partial charge is 0.493 e. The molecule has 0 amide bonds. The van der Waals surface area contributed by atoms with Crippen LogP contribution in [0.1, 0.15) is 25.7 Å². The van der Waals surface area contributed by atoms with Crippen LogP contribution < -0.4 is 20.5 Å². The van der Waals surface area contributed by atoms with E-state index in [0.717, 1.165) is 35.7 Å². The van der Waals surface area contributed by atoms with Crippen molar-refractivity contribution in [2.75, 3.05) is 31.8 Å². The number of hydrogen-bond acceptors (Lipinski definition) is 4. The first-order valence-electron chi connectivity index (χ1n) is 7.48. The molecule has 3 N–H and O–H groups in total. The van der Waals surface area contributed by atoms with Gasteiger partial charge in [0.1, 0.15) is 0 Å². The van der Waals surface area contributed by atoms with Crippen LogP contribution >= 0.6 is 0 Å². The van der Waals surface area contributed by atoms with Crippen LogP contribution in [-0.2, 0) is 0 Å². The van der Waals surface area contributed by atoms with Gasteiger partial charge in [-0.1, -0.05) is 0 Å². The zero-order valence-corrected chi connectivity index (χ0v) is 12.3. The van der Waals surface area contributed by atoms with Crippen molar-refractivity contribution in [3.05, 3.63) is 12.1 Å². The Balaban J connectivity index is 1.69. The highest BCUT2D eigenvalue weighted by Gasteiger charge is 2.41. The number of anilines is 2. The SMILES string of the molecule is COc1cc(N)c(NCC(C2CC2)C2CC2)cc1OC. The molecule has 2 aliphatic rings. The molecule has 4 nitrogen and oxygen atoms in total. The second-order valence-corrected chi connectivity index (χ2v) is 6.01. The average molecular weight is 276 g/mol. The molecule has 0 aliphatic heterocycles. The Hall–Kier alpha value is -1.58. The van der Waals surface area contributed by atoms with Crippen LogP contribution in [0.2, 0.25) is 0 Å². The molecule has 2 aliphatic carbocycles. The molecule has 1 aromatic rings. The lowest BCUT2D eigenvalue weighted by atomic mass is 9.98. The van der Waals surface area contributed by atoms with E-state index in [4.69, 9.17) is 15.2 Å². The summed E-state index contributed by atoms with van der Waals surface area (Å²) in [5.74, 6) is 4.10. The van der Waals surface area contributed by atoms with E-state index in [-0.39, 0.29) is 0 Å². The highest BCUT2D eigenvalue weighted by Crippen LogP contribution is 2.49. The molecule has 0 bridgehead atoms. The van der Waals surface area contributed by atoms with Gasteiger partial charge in [0.25, 0.3) is 0 Å². The number of nitrogens with one attached hydrogen (secondary N) is 1. The highest BCUT2D eigenvalue weighted by atomic mass is 16.5. The van der Waals surface area contributed by atoms with Crippen LogP contribution in [0.25, 0.3) is 0 Å². The van der Waals surface area contributed by atoms with Gasteiger partial charge in [-0.15, -0.1) is 0 Å². The molecule has 1 aromatic carbocycles. The fourth-order valence-corrected chi connectivity index (χ4v) is 3.04. The zero-order chi connectivity index (χ0) is 14.1. The fraction of sp³-hybridized carbons (Fsp3) is 0.625. The maximum absolute atomic E-state index is 6.09. The van der Waals surface area contributed by atoms with E-state index in [1.54, 1.807) is 14.2 Å². The summed E-state index contributed by atoms with van der Waals surface area (Å²) < 4.78 is 10.6. The van der Waals surface area contributed by atoms with Crippen molar-refractivity contribution in [2.24, 2.45) is 17.8 Å². The molecular formula is C16H24N2O2. The minimum Gasteiger partial charge on any atom is -0.493 e. The van der Waals surface area contributed by atoms with Crippen molar-refractivity contribution in [3.8, 4) is 11.5 Å². The first-order chi connectivity index (χ1) is 9.72. The number of nitrogens with two attached hydrogens (primary N) is 1. The van der Waals surface area contributed by atoms with Crippen molar-refractivity contribution in [1.82, 2.24) is 0 Å². The van der Waals surface area contributed by atoms with E-state index in [1.165, 1.54) is 25.7 Å². The number of nitrogen functional groups attached to an aromatic ring is 1. The van der Waals surface area contributed by atoms with Crippen LogP contribution in [-0.4, -0.2) is 20.8 Å². The van der Waals surface area contributed by atoms with Gasteiger partial charge >= 0.3 is 0 Å². The van der Waals surface area contributed by atoms with Crippen LogP contribution in [0.15, 0.2) is 12.1 Å². The Morgan fingerprint density at radius 2 is 1.65 bits per heavy atom. The van der Waals surface area contributed by atoms with E-state index >= 15 is 0 Å². The molecular weight excluding hydrogens is 252 g/mol. The van der Waals surface area contributed by atoms with E-state index in [0.29, 0.717) is 11.4 Å². The normalized spacial score (nSPS) is 18.1. The maximum Gasteiger partial charge on any atom is 0.162 e. The van der Waals surface area contributed by atoms with Gasteiger partial charge < -0.3 is 20.5 Å². The van der Waals surface area contributed by atoms with Crippen molar-refractivity contribution in [1.29, 1.82) is 0 Å². The number of rotatable bonds is 7. The lowest BCUT2D eigenvalue weighted by molar-refractivity contribution is 0.355. The van der Waals surface area contributed by atoms with E-state index in [2.05, 4.69) is 5.32 Å². The van der Waals surface area contributed by atoms with Gasteiger partial charge in [0.05, 0.1) is 25.6 Å². The summed E-state index contributed by atoms with van der Waals surface area (Å²) in [4.78, 5) is 0. The molecule has 0 radical (unpaired) electrons. The van der Waals surface area contributed by atoms with Crippen LogP contribution in [0, 0.1) is 17.8 Å². The topological polar surface area (TPSA) is 56.5 Å². The Morgan fingerprint density at radius 3 is 2.15 bits per heavy atom. The van der Waals surface area contributed by atoms with Gasteiger partial charge in [-0.05, 0) is 43.4 Å². The minimum atomic E-state index is 0.677. The standard InChI is InChI=1S/C16H24N2O2/c1-19-15-7-13(17)14(8-16(15)20-2)18-9-12(10-3-4-10)11-5-6-11/h7-8,10-12,18H,3-6,9,17H2,1-2H3. The number of hydrogen-bond donors (Lipinski definition) is 2. The van der Waals surface area contributed by atoms with Crippen molar-refractivity contribution < 1.29 is 9.47 Å². The molecule has 0 spiro atoms. The Kier molecular flexibility index (Phi) is 3.64. The van der Waals surface area contributed by atoms with Crippen LogP contribution in [0.3, 0.4) is 0 Å². The van der Waals surface area contributed by atoms with E-state index in [9.17, 15) is 0 Å². The first-order valence-corrected chi connectivity index (χ1v) is 7.48. The first kappa shape index (κ1) is 13.4. The maximum atomic E-state index is 6.09. The molecule has 3 rings (SSSR count). The molecule has 110 valence electrons. The summed E-state index contributed by atoms with van der Waals surface area (Å²) in [5, 5.41) is 3.52. The van der Waals surface area contributed by atoms with Crippen molar-refractivity contribution >= 4 is 11.4 Å². The van der Waals surface area contributed by atoms with Crippen LogP contribution in [0.5, 0.6) is 11.5 Å². The van der Waals surface area contributed by atoms with Gasteiger partial charge in [-0.3, -0.25) is 0 Å². The van der Waals surface area contributed by atoms with Crippen molar-refractivity contribution in [2.45, 2.75) is 25.7 Å². The summed E-state index contributed by atoms with van der Waals surface area (Å²) in [5.41, 5.74) is 7.76. The third-order valence-corrected chi connectivity index (χ3v) is 4.54. The Labute approximate surface area is 120 Å². The number of benzene rings is 1. The molecule has 20 heavy (non-hydrogen) atoms. The second kappa shape index (κ2) is 5.43. The fourth-order valence-electron chi connectivity index (χ4n) is 3.04. The van der Waals surface area contributed by atoms with Gasteiger partial charge in [-0.25, -0.2) is 0 Å². The molecule has 0 saturated heterocycles. The lowest BCUT2D eigenvalue weighted by Gasteiger charge is -2.19. The summed E-state index contributed by atoms with van der Waals surface area (Å²) in [6.07, 6.45) is 5.63. The monoisotopic (exact) mass is 276 g/mol. The summed E-state index contributed by atoms with van der Waals surface area (Å²) >= 11 is 0. The summed E-state index contributed by atoms with van der Waals surface area (Å²) in [6, 6.07) is 3.76. The quantitative estimate of drug-likeness (QED) is 0.751. The Morgan fingerprint density at radius 1 is 1.10 bits per heavy atom. The smallest absolute Gasteiger partial charge is 0.162 e. The number of ether oxygens (including phenoxy) is 2. The highest BCUT2D eigenvalue weighted by molar-refractivity contribution is 5.72. The third kappa shape index (κ3) is 2.79. The van der Waals surface area contributed by atoms with Gasteiger partial charge in [0.2, 0.25) is 0 Å². The molecule has 0 heterocycles. The molecule has 2 fully saturated rings. The second-order valence-electron chi connectivity index (χ2n) is 6.01. The van der Waals surface area contributed by atoms with Crippen LogP contribution in [0.4, 0.5) is 11.4 Å². The molecule has 0 atom stereocenters. The zero-order valence-electron chi connectivity index (χ0n) is 12.3. The lowest BCUT2D eigenvalue weighted by Crippen LogP contribution is -2.18. The third-order valence-electron chi connectivity index (χ3n) is 4.54. The predicted molar refractivity (Wildman–Crippen MR) is 81.4 cm³/mol. The van der Waals surface area contributed by atoms with Gasteiger partial charge in [0, 0.05) is 18.7 Å². The Bertz CT molecular complexity index is 470. The predicted octanol–water partition coefficient (Wildman–Crippen LogP) is 3.13. The van der Waals surface area contributed by atoms with Gasteiger partial charge in [-0.2, -0.15) is 0 Å². The van der Waals surface area contributed by atoms with Gasteiger partial charge in [0.15, 0.2) is 11.5 Å². The molecule has 2 saturated carbocycles.